The van der Waals surface area contributed by atoms with Gasteiger partial charge < -0.3 is 10.1 Å². The zero-order chi connectivity index (χ0) is 22.1. The number of benzene rings is 1. The second-order valence-electron chi connectivity index (χ2n) is 8.26. The highest BCUT2D eigenvalue weighted by Gasteiger charge is 2.49. The van der Waals surface area contributed by atoms with E-state index in [9.17, 15) is 14.4 Å². The molecule has 0 saturated carbocycles. The largest absolute Gasteiger partial charge is 0.377 e. The lowest BCUT2D eigenvalue weighted by molar-refractivity contribution is -0.133. The number of methoxy groups -OCH3 is 1. The summed E-state index contributed by atoms with van der Waals surface area (Å²) < 4.78 is 4.96. The molecule has 9 nitrogen and oxygen atoms in total. The van der Waals surface area contributed by atoms with E-state index >= 15 is 0 Å². The second kappa shape index (κ2) is 8.11. The number of ether oxygens (including phenoxy) is 1. The summed E-state index contributed by atoms with van der Waals surface area (Å²) in [4.78, 5) is 38.7. The minimum atomic E-state index is -1.23. The van der Waals surface area contributed by atoms with Gasteiger partial charge in [-0.15, -0.1) is 10.2 Å². The number of urea groups is 1. The van der Waals surface area contributed by atoms with Crippen molar-refractivity contribution < 1.29 is 19.1 Å². The number of rotatable bonds is 6. The lowest BCUT2D eigenvalue weighted by Gasteiger charge is -2.24. The number of nitrogens with zero attached hydrogens (tertiary/aromatic N) is 3. The Balaban J connectivity index is 1.71. The number of imide groups is 1. The van der Waals surface area contributed by atoms with E-state index in [0.29, 0.717) is 10.6 Å². The zero-order valence-electron chi connectivity index (χ0n) is 17.6. The third kappa shape index (κ3) is 4.34. The first-order valence-electron chi connectivity index (χ1n) is 9.41. The molecule has 1 aromatic heterocycles. The molecule has 0 aliphatic carbocycles. The number of aromatic nitrogens is 2. The van der Waals surface area contributed by atoms with E-state index in [1.807, 2.05) is 24.3 Å². The molecule has 1 aliphatic heterocycles. The third-order valence-electron chi connectivity index (χ3n) is 4.89. The van der Waals surface area contributed by atoms with E-state index in [-0.39, 0.29) is 17.2 Å². The molecule has 4 amide bonds. The van der Waals surface area contributed by atoms with Gasteiger partial charge in [-0.25, -0.2) is 4.79 Å². The molecule has 0 bridgehead atoms. The van der Waals surface area contributed by atoms with Gasteiger partial charge in [0.05, 0.1) is 0 Å². The van der Waals surface area contributed by atoms with Crippen molar-refractivity contribution in [2.45, 2.75) is 45.3 Å². The third-order valence-corrected chi connectivity index (χ3v) is 5.70. The predicted molar refractivity (Wildman–Crippen MR) is 112 cm³/mol. The van der Waals surface area contributed by atoms with Crippen LogP contribution in [0.5, 0.6) is 0 Å². The maximum atomic E-state index is 13.0. The van der Waals surface area contributed by atoms with E-state index in [0.717, 1.165) is 21.8 Å². The fourth-order valence-electron chi connectivity index (χ4n) is 3.13. The summed E-state index contributed by atoms with van der Waals surface area (Å²) >= 11 is 1.16. The van der Waals surface area contributed by atoms with Crippen molar-refractivity contribution in [1.82, 2.24) is 20.4 Å². The van der Waals surface area contributed by atoms with Crippen LogP contribution >= 0.6 is 11.3 Å². The van der Waals surface area contributed by atoms with Crippen LogP contribution < -0.4 is 10.6 Å². The SMILES string of the molecule is COCc1nnc(NC(=O)CN2C(=O)NC(C)(c3ccc(C(C)(C)C)cc3)C2=O)s1. The monoisotopic (exact) mass is 431 g/mol. The van der Waals surface area contributed by atoms with Crippen LogP contribution in [0.4, 0.5) is 9.93 Å². The van der Waals surface area contributed by atoms with E-state index in [2.05, 4.69) is 41.6 Å². The van der Waals surface area contributed by atoms with Crippen molar-refractivity contribution in [3.63, 3.8) is 0 Å². The van der Waals surface area contributed by atoms with Gasteiger partial charge in [0.2, 0.25) is 11.0 Å². The smallest absolute Gasteiger partial charge is 0.325 e. The van der Waals surface area contributed by atoms with Crippen molar-refractivity contribution in [3.05, 3.63) is 40.4 Å². The normalized spacial score (nSPS) is 19.2. The van der Waals surface area contributed by atoms with Crippen LogP contribution in [0.15, 0.2) is 24.3 Å². The molecule has 10 heteroatoms. The first-order chi connectivity index (χ1) is 14.0. The average Bonchev–Trinajstić information content (AvgIpc) is 3.19. The number of nitrogens with one attached hydrogen (secondary N) is 2. The van der Waals surface area contributed by atoms with Gasteiger partial charge in [-0.05, 0) is 23.5 Å². The molecule has 160 valence electrons. The molecule has 1 aromatic carbocycles. The maximum Gasteiger partial charge on any atom is 0.325 e. The highest BCUT2D eigenvalue weighted by Crippen LogP contribution is 2.31. The van der Waals surface area contributed by atoms with Crippen LogP contribution in [0.3, 0.4) is 0 Å². The number of anilines is 1. The molecule has 1 atom stereocenters. The Kier molecular flexibility index (Phi) is 5.91. The number of hydrogen-bond acceptors (Lipinski definition) is 7. The van der Waals surface area contributed by atoms with E-state index in [4.69, 9.17) is 4.74 Å². The van der Waals surface area contributed by atoms with Crippen molar-refractivity contribution in [1.29, 1.82) is 0 Å². The Labute approximate surface area is 178 Å². The summed E-state index contributed by atoms with van der Waals surface area (Å²) in [6.07, 6.45) is 0. The second-order valence-corrected chi connectivity index (χ2v) is 9.32. The van der Waals surface area contributed by atoms with Crippen LogP contribution in [0.1, 0.15) is 43.8 Å². The molecular formula is C20H25N5O4S. The van der Waals surface area contributed by atoms with Gasteiger partial charge in [0, 0.05) is 7.11 Å². The number of hydrogen-bond donors (Lipinski definition) is 2. The summed E-state index contributed by atoms with van der Waals surface area (Å²) in [7, 11) is 1.53. The fourth-order valence-corrected chi connectivity index (χ4v) is 3.86. The van der Waals surface area contributed by atoms with Gasteiger partial charge in [-0.1, -0.05) is 56.4 Å². The van der Waals surface area contributed by atoms with Crippen LogP contribution in [-0.2, 0) is 31.9 Å². The van der Waals surface area contributed by atoms with Crippen LogP contribution in [0, 0.1) is 0 Å². The van der Waals surface area contributed by atoms with Gasteiger partial charge in [-0.3, -0.25) is 19.8 Å². The molecule has 2 N–H and O–H groups in total. The molecule has 2 aromatic rings. The Morgan fingerprint density at radius 3 is 2.50 bits per heavy atom. The molecule has 1 aliphatic rings. The maximum absolute atomic E-state index is 13.0. The molecule has 1 fully saturated rings. The van der Waals surface area contributed by atoms with Crippen LogP contribution in [-0.4, -0.2) is 46.6 Å². The molecule has 2 heterocycles. The molecule has 0 spiro atoms. The fraction of sp³-hybridized carbons (Fsp3) is 0.450. The average molecular weight is 432 g/mol. The first kappa shape index (κ1) is 21.8. The van der Waals surface area contributed by atoms with Gasteiger partial charge >= 0.3 is 6.03 Å². The minimum absolute atomic E-state index is 0.0275. The molecule has 1 saturated heterocycles. The highest BCUT2D eigenvalue weighted by atomic mass is 32.1. The lowest BCUT2D eigenvalue weighted by atomic mass is 9.84. The number of amides is 4. The summed E-state index contributed by atoms with van der Waals surface area (Å²) in [5.74, 6) is -1.02. The number of carbonyl (C=O) groups excluding carboxylic acids is 3. The van der Waals surface area contributed by atoms with Crippen molar-refractivity contribution >= 4 is 34.3 Å². The summed E-state index contributed by atoms with van der Waals surface area (Å²) in [6, 6.07) is 6.95. The van der Waals surface area contributed by atoms with Crippen molar-refractivity contribution in [2.75, 3.05) is 19.0 Å². The minimum Gasteiger partial charge on any atom is -0.377 e. The highest BCUT2D eigenvalue weighted by molar-refractivity contribution is 7.15. The van der Waals surface area contributed by atoms with Crippen molar-refractivity contribution in [3.8, 4) is 0 Å². The van der Waals surface area contributed by atoms with E-state index < -0.39 is 29.9 Å². The molecular weight excluding hydrogens is 406 g/mol. The van der Waals surface area contributed by atoms with E-state index in [1.165, 1.54) is 7.11 Å². The standard InChI is InChI=1S/C20H25N5O4S/c1-19(2,3)12-6-8-13(9-7-12)20(4)16(27)25(18(28)22-20)10-14(26)21-17-24-23-15(30-17)11-29-5/h6-9H,10-11H2,1-5H3,(H,22,28)(H,21,24,26). The Bertz CT molecular complexity index is 966. The summed E-state index contributed by atoms with van der Waals surface area (Å²) in [5.41, 5.74) is 0.514. The quantitative estimate of drug-likeness (QED) is 0.679. The topological polar surface area (TPSA) is 114 Å². The Morgan fingerprint density at radius 2 is 1.90 bits per heavy atom. The summed E-state index contributed by atoms with van der Waals surface area (Å²) in [6.45, 7) is 7.81. The van der Waals surface area contributed by atoms with Gasteiger partial charge in [-0.2, -0.15) is 0 Å². The van der Waals surface area contributed by atoms with Gasteiger partial charge in [0.1, 0.15) is 23.7 Å². The van der Waals surface area contributed by atoms with E-state index in [1.54, 1.807) is 6.92 Å². The van der Waals surface area contributed by atoms with Crippen LogP contribution in [0.25, 0.3) is 0 Å². The molecule has 1 unspecified atom stereocenters. The molecule has 0 radical (unpaired) electrons. The Morgan fingerprint density at radius 1 is 1.23 bits per heavy atom. The Hall–Kier alpha value is -2.85. The number of carbonyl (C=O) groups is 3. The van der Waals surface area contributed by atoms with Crippen molar-refractivity contribution in [2.24, 2.45) is 0 Å². The predicted octanol–water partition coefficient (Wildman–Crippen LogP) is 2.39. The van der Waals surface area contributed by atoms with Gasteiger partial charge in [0.25, 0.3) is 5.91 Å². The zero-order valence-corrected chi connectivity index (χ0v) is 18.4. The summed E-state index contributed by atoms with van der Waals surface area (Å²) in [5, 5.41) is 13.9. The molecule has 30 heavy (non-hydrogen) atoms. The lowest BCUT2D eigenvalue weighted by Crippen LogP contribution is -2.42. The molecule has 3 rings (SSSR count). The van der Waals surface area contributed by atoms with Crippen LogP contribution in [0.2, 0.25) is 0 Å². The first-order valence-corrected chi connectivity index (χ1v) is 10.2. The van der Waals surface area contributed by atoms with Gasteiger partial charge in [0.15, 0.2) is 0 Å².